The molecule has 0 radical (unpaired) electrons. The van der Waals surface area contributed by atoms with E-state index in [1.165, 1.54) is 0 Å². The number of esters is 1. The summed E-state index contributed by atoms with van der Waals surface area (Å²) >= 11 is 0. The molecule has 0 saturated carbocycles. The van der Waals surface area contributed by atoms with Gasteiger partial charge in [0.15, 0.2) is 5.76 Å². The molecule has 1 aromatic heterocycles. The third-order valence-electron chi connectivity index (χ3n) is 4.76. The van der Waals surface area contributed by atoms with Crippen molar-refractivity contribution in [2.45, 2.75) is 45.8 Å². The van der Waals surface area contributed by atoms with Crippen molar-refractivity contribution >= 4 is 11.7 Å². The topological polar surface area (TPSA) is 64.7 Å². The highest BCUT2D eigenvalue weighted by atomic mass is 16.6. The Hall–Kier alpha value is -3.21. The standard InChI is InChI=1S/C24H24N2O3/c1-15-21-17-12-8-9-13-18(17)22(16-10-6-5-7-11-16)25-19(23(21)29-26-15)14-20(27)28-24(2,3)4/h5-13,19H,14H2,1-4H3/t19-/m0/s1. The van der Waals surface area contributed by atoms with Crippen LogP contribution in [0.25, 0.3) is 11.1 Å². The first kappa shape index (κ1) is 19.1. The second-order valence-corrected chi connectivity index (χ2v) is 8.20. The maximum Gasteiger partial charge on any atom is 0.308 e. The van der Waals surface area contributed by atoms with Crippen LogP contribution in [0, 0.1) is 6.92 Å². The highest BCUT2D eigenvalue weighted by molar-refractivity contribution is 6.17. The van der Waals surface area contributed by atoms with E-state index in [1.54, 1.807) is 0 Å². The van der Waals surface area contributed by atoms with Crippen molar-refractivity contribution in [3.8, 4) is 11.1 Å². The Kier molecular flexibility index (Phi) is 4.82. The first-order valence-corrected chi connectivity index (χ1v) is 9.74. The normalized spacial score (nSPS) is 15.7. The zero-order chi connectivity index (χ0) is 20.6. The van der Waals surface area contributed by atoms with Crippen LogP contribution in [0.1, 0.15) is 55.8 Å². The molecule has 5 heteroatoms. The van der Waals surface area contributed by atoms with Crippen molar-refractivity contribution in [3.05, 3.63) is 77.2 Å². The van der Waals surface area contributed by atoms with Crippen LogP contribution in [0.2, 0.25) is 0 Å². The van der Waals surface area contributed by atoms with E-state index in [0.717, 1.165) is 33.7 Å². The first-order chi connectivity index (χ1) is 13.8. The van der Waals surface area contributed by atoms with E-state index in [9.17, 15) is 4.79 Å². The van der Waals surface area contributed by atoms with Crippen LogP contribution in [0.5, 0.6) is 0 Å². The van der Waals surface area contributed by atoms with Crippen LogP contribution < -0.4 is 0 Å². The molecular formula is C24H24N2O3. The number of benzene rings is 2. The highest BCUT2D eigenvalue weighted by Crippen LogP contribution is 2.40. The zero-order valence-electron chi connectivity index (χ0n) is 17.1. The van der Waals surface area contributed by atoms with Gasteiger partial charge in [-0.15, -0.1) is 0 Å². The Morgan fingerprint density at radius 3 is 2.38 bits per heavy atom. The van der Waals surface area contributed by atoms with Gasteiger partial charge in [-0.2, -0.15) is 0 Å². The molecule has 0 saturated heterocycles. The molecule has 0 N–H and O–H groups in total. The van der Waals surface area contributed by atoms with Gasteiger partial charge in [-0.05, 0) is 33.3 Å². The summed E-state index contributed by atoms with van der Waals surface area (Å²) in [6, 6.07) is 17.6. The summed E-state index contributed by atoms with van der Waals surface area (Å²) in [6.07, 6.45) is 0.0865. The van der Waals surface area contributed by atoms with Gasteiger partial charge in [0, 0.05) is 11.1 Å². The lowest BCUT2D eigenvalue weighted by atomic mass is 9.93. The van der Waals surface area contributed by atoms with Crippen molar-refractivity contribution in [1.82, 2.24) is 5.16 Å². The number of nitrogens with zero attached hydrogens (tertiary/aromatic N) is 2. The molecule has 4 rings (SSSR count). The van der Waals surface area contributed by atoms with Crippen LogP contribution in [-0.4, -0.2) is 22.4 Å². The number of aliphatic imine (C=N–C) groups is 1. The molecule has 1 aliphatic heterocycles. The van der Waals surface area contributed by atoms with Gasteiger partial charge in [0.25, 0.3) is 0 Å². The monoisotopic (exact) mass is 388 g/mol. The molecule has 0 spiro atoms. The third kappa shape index (κ3) is 3.86. The van der Waals surface area contributed by atoms with Gasteiger partial charge >= 0.3 is 5.97 Å². The Bertz CT molecular complexity index is 1080. The number of aromatic nitrogens is 1. The van der Waals surface area contributed by atoms with Crippen LogP contribution >= 0.6 is 0 Å². The fourth-order valence-corrected chi connectivity index (χ4v) is 3.64. The maximum atomic E-state index is 12.6. The average molecular weight is 388 g/mol. The second kappa shape index (κ2) is 7.32. The summed E-state index contributed by atoms with van der Waals surface area (Å²) in [7, 11) is 0. The summed E-state index contributed by atoms with van der Waals surface area (Å²) in [4.78, 5) is 17.6. The smallest absolute Gasteiger partial charge is 0.308 e. The zero-order valence-corrected chi connectivity index (χ0v) is 17.1. The lowest BCUT2D eigenvalue weighted by Gasteiger charge is -2.20. The van der Waals surface area contributed by atoms with E-state index in [-0.39, 0.29) is 12.4 Å². The third-order valence-corrected chi connectivity index (χ3v) is 4.76. The predicted molar refractivity (Wildman–Crippen MR) is 112 cm³/mol. The molecule has 0 bridgehead atoms. The minimum Gasteiger partial charge on any atom is -0.460 e. The van der Waals surface area contributed by atoms with Crippen LogP contribution in [0.4, 0.5) is 0 Å². The molecule has 3 aromatic rings. The van der Waals surface area contributed by atoms with E-state index < -0.39 is 11.6 Å². The van der Waals surface area contributed by atoms with Crippen molar-refractivity contribution in [1.29, 1.82) is 0 Å². The summed E-state index contributed by atoms with van der Waals surface area (Å²) in [6.45, 7) is 7.49. The van der Waals surface area contributed by atoms with Crippen molar-refractivity contribution < 1.29 is 14.1 Å². The molecule has 148 valence electrons. The molecule has 2 aromatic carbocycles. The number of carbonyl (C=O) groups is 1. The lowest BCUT2D eigenvalue weighted by molar-refractivity contribution is -0.155. The SMILES string of the molecule is Cc1noc2c1-c1ccccc1C(c1ccccc1)=N[C@H]2CC(=O)OC(C)(C)C. The number of fused-ring (bicyclic) bond motifs is 3. The molecule has 0 unspecified atom stereocenters. The Morgan fingerprint density at radius 1 is 1.03 bits per heavy atom. The molecular weight excluding hydrogens is 364 g/mol. The largest absolute Gasteiger partial charge is 0.460 e. The predicted octanol–water partition coefficient (Wildman–Crippen LogP) is 5.27. The summed E-state index contributed by atoms with van der Waals surface area (Å²) < 4.78 is 11.2. The average Bonchev–Trinajstić information content (AvgIpc) is 2.99. The minimum absolute atomic E-state index is 0.0865. The highest BCUT2D eigenvalue weighted by Gasteiger charge is 2.32. The van der Waals surface area contributed by atoms with Gasteiger partial charge in [0.05, 0.1) is 23.4 Å². The van der Waals surface area contributed by atoms with E-state index in [0.29, 0.717) is 5.76 Å². The number of hydrogen-bond donors (Lipinski definition) is 0. The number of carbonyl (C=O) groups excluding carboxylic acids is 1. The van der Waals surface area contributed by atoms with Crippen molar-refractivity contribution in [2.24, 2.45) is 4.99 Å². The summed E-state index contributed by atoms with van der Waals surface area (Å²) in [5.41, 5.74) is 4.96. The molecule has 5 nitrogen and oxygen atoms in total. The molecule has 1 aliphatic rings. The minimum atomic E-state index is -0.559. The molecule has 29 heavy (non-hydrogen) atoms. The van der Waals surface area contributed by atoms with E-state index in [2.05, 4.69) is 5.16 Å². The first-order valence-electron chi connectivity index (χ1n) is 9.74. The van der Waals surface area contributed by atoms with Crippen molar-refractivity contribution in [2.75, 3.05) is 0 Å². The van der Waals surface area contributed by atoms with Crippen molar-refractivity contribution in [3.63, 3.8) is 0 Å². The Labute approximate surface area is 170 Å². The maximum absolute atomic E-state index is 12.6. The lowest BCUT2D eigenvalue weighted by Crippen LogP contribution is -2.24. The molecule has 0 fully saturated rings. The molecule has 0 aliphatic carbocycles. The van der Waals surface area contributed by atoms with Gasteiger partial charge in [0.1, 0.15) is 11.6 Å². The van der Waals surface area contributed by atoms with Gasteiger partial charge in [-0.1, -0.05) is 59.8 Å². The molecule has 0 amide bonds. The van der Waals surface area contributed by atoms with Crippen LogP contribution in [0.15, 0.2) is 64.1 Å². The summed E-state index contributed by atoms with van der Waals surface area (Å²) in [5, 5.41) is 4.17. The fourth-order valence-electron chi connectivity index (χ4n) is 3.64. The second-order valence-electron chi connectivity index (χ2n) is 8.20. The summed E-state index contributed by atoms with van der Waals surface area (Å²) in [5.74, 6) is 0.288. The fraction of sp³-hybridized carbons (Fsp3) is 0.292. The molecule has 2 heterocycles. The molecule has 1 atom stereocenters. The number of ether oxygens (including phenoxy) is 1. The van der Waals surface area contributed by atoms with E-state index in [4.69, 9.17) is 14.3 Å². The van der Waals surface area contributed by atoms with Gasteiger partial charge in [-0.25, -0.2) is 0 Å². The van der Waals surface area contributed by atoms with Crippen LogP contribution in [0.3, 0.4) is 0 Å². The van der Waals surface area contributed by atoms with Gasteiger partial charge in [0.2, 0.25) is 0 Å². The van der Waals surface area contributed by atoms with E-state index in [1.807, 2.05) is 82.3 Å². The van der Waals surface area contributed by atoms with Gasteiger partial charge < -0.3 is 9.26 Å². The Balaban J connectivity index is 1.87. The number of hydrogen-bond acceptors (Lipinski definition) is 5. The number of rotatable bonds is 3. The Morgan fingerprint density at radius 2 is 1.69 bits per heavy atom. The van der Waals surface area contributed by atoms with Crippen LogP contribution in [-0.2, 0) is 9.53 Å². The van der Waals surface area contributed by atoms with Gasteiger partial charge in [-0.3, -0.25) is 9.79 Å². The number of aryl methyl sites for hydroxylation is 1. The van der Waals surface area contributed by atoms with E-state index >= 15 is 0 Å². The quantitative estimate of drug-likeness (QED) is 0.573.